The van der Waals surface area contributed by atoms with E-state index in [1.165, 1.54) is 5.56 Å². The quantitative estimate of drug-likeness (QED) is 0.624. The average molecular weight is 473 g/mol. The van der Waals surface area contributed by atoms with Crippen LogP contribution in [-0.4, -0.2) is 59.5 Å². The number of ether oxygens (including phenoxy) is 1. The predicted octanol–water partition coefficient (Wildman–Crippen LogP) is 4.21. The lowest BCUT2D eigenvalue weighted by molar-refractivity contribution is 0.0794. The number of halogens is 2. The molecule has 1 N–H and O–H groups in total. The zero-order chi connectivity index (χ0) is 23.9. The summed E-state index contributed by atoms with van der Waals surface area (Å²) in [6, 6.07) is 7.54. The van der Waals surface area contributed by atoms with Crippen molar-refractivity contribution in [1.82, 2.24) is 20.2 Å². The minimum atomic E-state index is -2.49. The Morgan fingerprint density at radius 1 is 1.18 bits per heavy atom. The smallest absolute Gasteiger partial charge is 0.272 e. The van der Waals surface area contributed by atoms with Crippen LogP contribution in [0, 0.1) is 12.8 Å². The zero-order valence-electron chi connectivity index (χ0n) is 19.8. The second-order valence-electron chi connectivity index (χ2n) is 9.42. The van der Waals surface area contributed by atoms with E-state index in [0.29, 0.717) is 11.5 Å². The fraction of sp³-hybridized carbons (Fsp3) is 0.577. The van der Waals surface area contributed by atoms with Crippen LogP contribution in [0.15, 0.2) is 30.5 Å². The van der Waals surface area contributed by atoms with Crippen molar-refractivity contribution in [3.8, 4) is 5.88 Å². The molecule has 0 atom stereocenters. The monoisotopic (exact) mass is 472 g/mol. The van der Waals surface area contributed by atoms with Crippen LogP contribution in [0.2, 0.25) is 0 Å². The lowest BCUT2D eigenvalue weighted by atomic mass is 9.84. The summed E-state index contributed by atoms with van der Waals surface area (Å²) in [5, 5.41) is 3.19. The number of carbonyl (C=O) groups excluding carboxylic acids is 1. The van der Waals surface area contributed by atoms with E-state index in [4.69, 9.17) is 4.74 Å². The Morgan fingerprint density at radius 3 is 2.74 bits per heavy atom. The van der Waals surface area contributed by atoms with Gasteiger partial charge in [0.25, 0.3) is 12.3 Å². The molecule has 6 nitrogen and oxygen atoms in total. The third-order valence-electron chi connectivity index (χ3n) is 7.05. The minimum Gasteiger partial charge on any atom is -0.472 e. The molecule has 3 heterocycles. The maximum atomic E-state index is 12.6. The number of aryl methyl sites for hydroxylation is 1. The van der Waals surface area contributed by atoms with Crippen molar-refractivity contribution in [3.05, 3.63) is 53.0 Å². The molecular weight excluding hydrogens is 438 g/mol. The number of alkyl halides is 2. The van der Waals surface area contributed by atoms with E-state index >= 15 is 0 Å². The van der Waals surface area contributed by atoms with Crippen molar-refractivity contribution in [2.45, 2.75) is 64.3 Å². The second-order valence-corrected chi connectivity index (χ2v) is 9.42. The standard InChI is InChI=1S/C26H34F2N4O2/c1-18-22(3-2-13-29-18)26(33)30-21-7-4-19(5-8-21)10-14-32-15-11-20-6-9-25(34-17-24(27)28)31-23(20)12-16-32/h2-3,6,9,13,19,21,24H,4-5,7-8,10-12,14-17H2,1H3,(H,30,33)/t19-,21-. The molecule has 1 aliphatic carbocycles. The molecule has 0 spiro atoms. The first-order valence-corrected chi connectivity index (χ1v) is 12.3. The highest BCUT2D eigenvalue weighted by Crippen LogP contribution is 2.28. The van der Waals surface area contributed by atoms with E-state index < -0.39 is 13.0 Å². The summed E-state index contributed by atoms with van der Waals surface area (Å²) in [6.45, 7) is 4.21. The highest BCUT2D eigenvalue weighted by Gasteiger charge is 2.24. The van der Waals surface area contributed by atoms with Crippen LogP contribution >= 0.6 is 0 Å². The van der Waals surface area contributed by atoms with Crippen LogP contribution in [0.3, 0.4) is 0 Å². The van der Waals surface area contributed by atoms with Gasteiger partial charge >= 0.3 is 0 Å². The van der Waals surface area contributed by atoms with Crippen LogP contribution in [0.1, 0.15) is 59.4 Å². The maximum Gasteiger partial charge on any atom is 0.272 e. The molecule has 0 bridgehead atoms. The number of amides is 1. The summed E-state index contributed by atoms with van der Waals surface area (Å²) in [5.41, 5.74) is 3.58. The molecule has 0 aromatic carbocycles. The largest absolute Gasteiger partial charge is 0.472 e. The molecule has 4 rings (SSSR count). The van der Waals surface area contributed by atoms with Crippen LogP contribution in [-0.2, 0) is 12.8 Å². The average Bonchev–Trinajstić information content (AvgIpc) is 3.04. The highest BCUT2D eigenvalue weighted by molar-refractivity contribution is 5.95. The fourth-order valence-electron chi connectivity index (χ4n) is 5.01. The van der Waals surface area contributed by atoms with E-state index in [1.54, 1.807) is 18.3 Å². The first-order chi connectivity index (χ1) is 16.5. The van der Waals surface area contributed by atoms with E-state index in [9.17, 15) is 13.6 Å². The Balaban J connectivity index is 1.18. The first kappa shape index (κ1) is 24.5. The Labute approximate surface area is 200 Å². The molecule has 2 aliphatic rings. The van der Waals surface area contributed by atoms with Gasteiger partial charge in [-0.3, -0.25) is 9.78 Å². The number of aromatic nitrogens is 2. The van der Waals surface area contributed by atoms with Crippen molar-refractivity contribution >= 4 is 5.91 Å². The number of hydrogen-bond acceptors (Lipinski definition) is 5. The number of rotatable bonds is 8. The van der Waals surface area contributed by atoms with Crippen molar-refractivity contribution in [2.75, 3.05) is 26.2 Å². The topological polar surface area (TPSA) is 67.4 Å². The molecule has 0 unspecified atom stereocenters. The number of fused-ring (bicyclic) bond motifs is 1. The second kappa shape index (κ2) is 11.7. The molecule has 2 aromatic rings. The lowest BCUT2D eigenvalue weighted by Gasteiger charge is -2.30. The Hall–Kier alpha value is -2.61. The molecule has 1 saturated carbocycles. The van der Waals surface area contributed by atoms with Gasteiger partial charge in [-0.15, -0.1) is 0 Å². The molecule has 34 heavy (non-hydrogen) atoms. The van der Waals surface area contributed by atoms with Crippen molar-refractivity contribution < 1.29 is 18.3 Å². The van der Waals surface area contributed by atoms with Crippen LogP contribution in [0.4, 0.5) is 8.78 Å². The molecular formula is C26H34F2N4O2. The van der Waals surface area contributed by atoms with Crippen LogP contribution in [0.5, 0.6) is 5.88 Å². The molecule has 2 aromatic heterocycles. The van der Waals surface area contributed by atoms with Gasteiger partial charge in [0, 0.05) is 49.2 Å². The first-order valence-electron chi connectivity index (χ1n) is 12.3. The Morgan fingerprint density at radius 2 is 1.97 bits per heavy atom. The summed E-state index contributed by atoms with van der Waals surface area (Å²) in [4.78, 5) is 23.7. The molecule has 0 saturated heterocycles. The Bertz CT molecular complexity index is 964. The highest BCUT2D eigenvalue weighted by atomic mass is 19.3. The van der Waals surface area contributed by atoms with Gasteiger partial charge in [0.1, 0.15) is 0 Å². The van der Waals surface area contributed by atoms with Gasteiger partial charge in [0.2, 0.25) is 5.88 Å². The van der Waals surface area contributed by atoms with Crippen molar-refractivity contribution in [1.29, 1.82) is 0 Å². The van der Waals surface area contributed by atoms with E-state index in [2.05, 4.69) is 20.2 Å². The van der Waals surface area contributed by atoms with E-state index in [-0.39, 0.29) is 17.8 Å². The molecule has 1 aliphatic heterocycles. The van der Waals surface area contributed by atoms with Gasteiger partial charge < -0.3 is 15.0 Å². The predicted molar refractivity (Wildman–Crippen MR) is 126 cm³/mol. The molecule has 184 valence electrons. The third kappa shape index (κ3) is 6.72. The zero-order valence-corrected chi connectivity index (χ0v) is 19.8. The van der Waals surface area contributed by atoms with Gasteiger partial charge in [-0.05, 0) is 75.6 Å². The van der Waals surface area contributed by atoms with Crippen LogP contribution in [0.25, 0.3) is 0 Å². The number of nitrogens with zero attached hydrogens (tertiary/aromatic N) is 3. The summed E-state index contributed by atoms with van der Waals surface area (Å²) >= 11 is 0. The normalized spacial score (nSPS) is 21.1. The van der Waals surface area contributed by atoms with E-state index in [1.807, 2.05) is 19.1 Å². The number of carbonyl (C=O) groups is 1. The summed E-state index contributed by atoms with van der Waals surface area (Å²) < 4.78 is 29.9. The van der Waals surface area contributed by atoms with Crippen molar-refractivity contribution in [2.24, 2.45) is 5.92 Å². The summed E-state index contributed by atoms with van der Waals surface area (Å²) in [7, 11) is 0. The molecule has 1 fully saturated rings. The number of hydrogen-bond donors (Lipinski definition) is 1. The van der Waals surface area contributed by atoms with E-state index in [0.717, 1.165) is 76.0 Å². The molecule has 1 amide bonds. The minimum absolute atomic E-state index is 0.0189. The van der Waals surface area contributed by atoms with Gasteiger partial charge in [-0.2, -0.15) is 0 Å². The maximum absolute atomic E-state index is 12.6. The molecule has 0 radical (unpaired) electrons. The van der Waals surface area contributed by atoms with Crippen molar-refractivity contribution in [3.63, 3.8) is 0 Å². The number of nitrogens with one attached hydrogen (secondary N) is 1. The lowest BCUT2D eigenvalue weighted by Crippen LogP contribution is -2.38. The SMILES string of the molecule is Cc1ncccc1C(=O)N[C@H]1CC[C@H](CCN2CCc3ccc(OCC(F)F)nc3CC2)CC1. The summed E-state index contributed by atoms with van der Waals surface area (Å²) in [6.07, 6.45) is 6.42. The molecule has 8 heteroatoms. The van der Waals surface area contributed by atoms with Gasteiger partial charge in [-0.25, -0.2) is 13.8 Å². The third-order valence-corrected chi connectivity index (χ3v) is 7.05. The summed E-state index contributed by atoms with van der Waals surface area (Å²) in [5.74, 6) is 0.955. The van der Waals surface area contributed by atoms with Gasteiger partial charge in [0.15, 0.2) is 6.61 Å². The Kier molecular flexibility index (Phi) is 8.43. The van der Waals surface area contributed by atoms with Crippen LogP contribution < -0.4 is 10.1 Å². The number of pyridine rings is 2. The van der Waals surface area contributed by atoms with Gasteiger partial charge in [-0.1, -0.05) is 6.07 Å². The fourth-order valence-corrected chi connectivity index (χ4v) is 5.01. The van der Waals surface area contributed by atoms with Gasteiger partial charge in [0.05, 0.1) is 5.56 Å².